The van der Waals surface area contributed by atoms with Crippen LogP contribution in [0, 0.1) is 0 Å². The molecule has 0 atom stereocenters. The Balaban J connectivity index is 1.30. The van der Waals surface area contributed by atoms with Gasteiger partial charge in [0.05, 0.1) is 0 Å². The van der Waals surface area contributed by atoms with Crippen molar-refractivity contribution in [2.24, 2.45) is 0 Å². The fraction of sp³-hybridized carbons (Fsp3) is 0.158. The Morgan fingerprint density at radius 1 is 1.16 bits per heavy atom. The van der Waals surface area contributed by atoms with Gasteiger partial charge in [0.2, 0.25) is 18.6 Å². The second-order valence-corrected chi connectivity index (χ2v) is 5.58. The summed E-state index contributed by atoms with van der Waals surface area (Å²) in [6, 6.07) is 13.3. The molecule has 0 saturated carbocycles. The lowest BCUT2D eigenvalue weighted by molar-refractivity contribution is -0.116. The zero-order valence-corrected chi connectivity index (χ0v) is 13.4. The Bertz CT molecular complexity index is 913. The summed E-state index contributed by atoms with van der Waals surface area (Å²) in [5.74, 6) is 1.73. The number of benzene rings is 2. The Hall–Kier alpha value is -3.28. The number of fused-ring (bicyclic) bond motifs is 2. The topological polar surface area (TPSA) is 73.6 Å². The summed E-state index contributed by atoms with van der Waals surface area (Å²) in [6.45, 7) is 0.784. The summed E-state index contributed by atoms with van der Waals surface area (Å²) in [6.07, 6.45) is 3.69. The van der Waals surface area contributed by atoms with E-state index < -0.39 is 0 Å². The first-order valence-electron chi connectivity index (χ1n) is 7.98. The maximum Gasteiger partial charge on any atom is 0.244 e. The molecule has 2 heterocycles. The van der Waals surface area contributed by atoms with Gasteiger partial charge in [0, 0.05) is 18.7 Å². The predicted molar refractivity (Wildman–Crippen MR) is 92.3 cm³/mol. The molecule has 126 valence electrons. The monoisotopic (exact) mass is 336 g/mol. The molecule has 25 heavy (non-hydrogen) atoms. The maximum absolute atomic E-state index is 11.9. The van der Waals surface area contributed by atoms with Crippen LogP contribution in [0.4, 0.5) is 0 Å². The van der Waals surface area contributed by atoms with E-state index in [-0.39, 0.29) is 12.7 Å². The summed E-state index contributed by atoms with van der Waals surface area (Å²) in [7, 11) is 0. The van der Waals surface area contributed by atoms with Crippen molar-refractivity contribution in [3.05, 3.63) is 60.0 Å². The number of aromatic nitrogens is 1. The number of carbonyl (C=O) groups is 1. The van der Waals surface area contributed by atoms with Crippen molar-refractivity contribution in [1.29, 1.82) is 0 Å². The van der Waals surface area contributed by atoms with E-state index in [9.17, 15) is 4.79 Å². The Morgan fingerprint density at radius 3 is 2.96 bits per heavy atom. The number of carbonyl (C=O) groups excluding carboxylic acids is 1. The SMILES string of the molecule is O=C(/C=C/c1nc2ccccc2o1)NCCc1ccc2c(c1)OCO2. The fourth-order valence-corrected chi connectivity index (χ4v) is 2.59. The Kier molecular flexibility index (Phi) is 4.08. The molecule has 0 unspecified atom stereocenters. The zero-order valence-electron chi connectivity index (χ0n) is 13.4. The average molecular weight is 336 g/mol. The van der Waals surface area contributed by atoms with E-state index in [0.29, 0.717) is 24.4 Å². The molecule has 0 bridgehead atoms. The molecule has 1 aliphatic heterocycles. The second kappa shape index (κ2) is 6.68. The smallest absolute Gasteiger partial charge is 0.244 e. The minimum Gasteiger partial charge on any atom is -0.454 e. The number of oxazole rings is 1. The van der Waals surface area contributed by atoms with Crippen molar-refractivity contribution >= 4 is 23.1 Å². The molecule has 1 aromatic heterocycles. The van der Waals surface area contributed by atoms with E-state index in [2.05, 4.69) is 10.3 Å². The standard InChI is InChI=1S/C19H16N2O4/c22-18(7-8-19-21-14-3-1-2-4-15(14)25-19)20-10-9-13-5-6-16-17(11-13)24-12-23-16/h1-8,11H,9-10,12H2,(H,20,22)/b8-7+. The van der Waals surface area contributed by atoms with Crippen LogP contribution in [0.3, 0.4) is 0 Å². The number of rotatable bonds is 5. The fourth-order valence-electron chi connectivity index (χ4n) is 2.59. The number of ether oxygens (including phenoxy) is 2. The number of hydrogen-bond acceptors (Lipinski definition) is 5. The summed E-state index contributed by atoms with van der Waals surface area (Å²) in [4.78, 5) is 16.2. The van der Waals surface area contributed by atoms with Gasteiger partial charge in [-0.05, 0) is 36.2 Å². The van der Waals surface area contributed by atoms with Crippen LogP contribution in [-0.4, -0.2) is 24.2 Å². The van der Waals surface area contributed by atoms with Crippen molar-refractivity contribution < 1.29 is 18.7 Å². The van der Waals surface area contributed by atoms with Crippen LogP contribution in [0.2, 0.25) is 0 Å². The van der Waals surface area contributed by atoms with Gasteiger partial charge in [-0.3, -0.25) is 4.79 Å². The number of nitrogens with one attached hydrogen (secondary N) is 1. The van der Waals surface area contributed by atoms with Gasteiger partial charge in [-0.15, -0.1) is 0 Å². The third-order valence-corrected chi connectivity index (χ3v) is 3.84. The lowest BCUT2D eigenvalue weighted by Gasteiger charge is -2.04. The Labute approximate surface area is 144 Å². The van der Waals surface area contributed by atoms with Crippen molar-refractivity contribution in [1.82, 2.24) is 10.3 Å². The van der Waals surface area contributed by atoms with Crippen LogP contribution in [-0.2, 0) is 11.2 Å². The van der Waals surface area contributed by atoms with Crippen LogP contribution in [0.1, 0.15) is 11.5 Å². The molecule has 2 aromatic carbocycles. The molecule has 0 fully saturated rings. The molecule has 6 heteroatoms. The maximum atomic E-state index is 11.9. The quantitative estimate of drug-likeness (QED) is 0.725. The molecule has 0 radical (unpaired) electrons. The van der Waals surface area contributed by atoms with Gasteiger partial charge >= 0.3 is 0 Å². The third kappa shape index (κ3) is 3.47. The molecule has 1 aliphatic rings. The predicted octanol–water partition coefficient (Wildman–Crippen LogP) is 2.93. The van der Waals surface area contributed by atoms with E-state index >= 15 is 0 Å². The molecule has 6 nitrogen and oxygen atoms in total. The van der Waals surface area contributed by atoms with E-state index in [0.717, 1.165) is 22.6 Å². The van der Waals surface area contributed by atoms with Crippen molar-refractivity contribution in [2.45, 2.75) is 6.42 Å². The van der Waals surface area contributed by atoms with E-state index in [1.54, 1.807) is 6.08 Å². The van der Waals surface area contributed by atoms with Crippen LogP contribution in [0.15, 0.2) is 53.0 Å². The third-order valence-electron chi connectivity index (χ3n) is 3.84. The van der Waals surface area contributed by atoms with Crippen molar-refractivity contribution in [2.75, 3.05) is 13.3 Å². The molecule has 4 rings (SSSR count). The number of para-hydroxylation sites is 2. The molecule has 0 aliphatic carbocycles. The normalized spacial score (nSPS) is 12.8. The minimum absolute atomic E-state index is 0.192. The van der Waals surface area contributed by atoms with Gasteiger partial charge in [0.15, 0.2) is 17.1 Å². The van der Waals surface area contributed by atoms with Gasteiger partial charge in [-0.25, -0.2) is 4.98 Å². The molecular weight excluding hydrogens is 320 g/mol. The highest BCUT2D eigenvalue weighted by Crippen LogP contribution is 2.32. The first-order valence-corrected chi connectivity index (χ1v) is 7.98. The highest BCUT2D eigenvalue weighted by atomic mass is 16.7. The number of amides is 1. The molecule has 1 N–H and O–H groups in total. The van der Waals surface area contributed by atoms with Crippen LogP contribution >= 0.6 is 0 Å². The zero-order chi connectivity index (χ0) is 17.1. The largest absolute Gasteiger partial charge is 0.454 e. The molecular formula is C19H16N2O4. The average Bonchev–Trinajstić information content (AvgIpc) is 3.25. The molecule has 0 saturated heterocycles. The van der Waals surface area contributed by atoms with Gasteiger partial charge in [0.1, 0.15) is 5.52 Å². The van der Waals surface area contributed by atoms with Crippen molar-refractivity contribution in [3.8, 4) is 11.5 Å². The summed E-state index contributed by atoms with van der Waals surface area (Å²) in [5.41, 5.74) is 2.54. The number of hydrogen-bond donors (Lipinski definition) is 1. The van der Waals surface area contributed by atoms with Crippen molar-refractivity contribution in [3.63, 3.8) is 0 Å². The minimum atomic E-state index is -0.192. The molecule has 1 amide bonds. The first kappa shape index (κ1) is 15.3. The summed E-state index contributed by atoms with van der Waals surface area (Å²) in [5, 5.41) is 2.84. The van der Waals surface area contributed by atoms with Crippen LogP contribution in [0.25, 0.3) is 17.2 Å². The highest BCUT2D eigenvalue weighted by molar-refractivity contribution is 5.91. The summed E-state index contributed by atoms with van der Waals surface area (Å²) < 4.78 is 16.1. The highest BCUT2D eigenvalue weighted by Gasteiger charge is 2.12. The lowest BCUT2D eigenvalue weighted by atomic mass is 10.1. The molecule has 0 spiro atoms. The van der Waals surface area contributed by atoms with E-state index in [1.807, 2.05) is 42.5 Å². The molecule has 3 aromatic rings. The second-order valence-electron chi connectivity index (χ2n) is 5.58. The summed E-state index contributed by atoms with van der Waals surface area (Å²) >= 11 is 0. The van der Waals surface area contributed by atoms with Crippen LogP contribution < -0.4 is 14.8 Å². The van der Waals surface area contributed by atoms with Gasteiger partial charge in [0.25, 0.3) is 0 Å². The van der Waals surface area contributed by atoms with Gasteiger partial charge in [-0.2, -0.15) is 0 Å². The Morgan fingerprint density at radius 2 is 2.04 bits per heavy atom. The van der Waals surface area contributed by atoms with Gasteiger partial charge < -0.3 is 19.2 Å². The number of nitrogens with zero attached hydrogens (tertiary/aromatic N) is 1. The van der Waals surface area contributed by atoms with E-state index in [4.69, 9.17) is 13.9 Å². The lowest BCUT2D eigenvalue weighted by Crippen LogP contribution is -2.23. The van der Waals surface area contributed by atoms with E-state index in [1.165, 1.54) is 6.08 Å². The van der Waals surface area contributed by atoms with Crippen LogP contribution in [0.5, 0.6) is 11.5 Å². The van der Waals surface area contributed by atoms with Gasteiger partial charge in [-0.1, -0.05) is 18.2 Å². The first-order chi connectivity index (χ1) is 12.3.